The maximum Gasteiger partial charge on any atom is 2.00 e. The van der Waals surface area contributed by atoms with Gasteiger partial charge >= 0.3 is 19.5 Å². The standard InChI is InChI=1S/2C4H3O.Zn/c2*1-2-4-5-3-1;/h2*1-3H;/q2*-1;+2. The van der Waals surface area contributed by atoms with Crippen LogP contribution in [0.5, 0.6) is 0 Å². The van der Waals surface area contributed by atoms with E-state index in [2.05, 4.69) is 21.4 Å². The van der Waals surface area contributed by atoms with Crippen LogP contribution in [-0.2, 0) is 19.5 Å². The first-order valence-corrected chi connectivity index (χ1v) is 2.79. The number of rotatable bonds is 0. The third-order valence-electron chi connectivity index (χ3n) is 0.758. The zero-order valence-electron chi connectivity index (χ0n) is 5.99. The third kappa shape index (κ3) is 5.62. The molecule has 0 aromatic carbocycles. The molecule has 2 heterocycles. The van der Waals surface area contributed by atoms with Gasteiger partial charge in [-0.1, -0.05) is 12.5 Å². The molecule has 0 aliphatic rings. The molecule has 0 amide bonds. The Labute approximate surface area is 78.0 Å². The average Bonchev–Trinajstić information content (AvgIpc) is 2.67. The molecule has 2 aromatic rings. The summed E-state index contributed by atoms with van der Waals surface area (Å²) in [6.07, 6.45) is 8.11. The molecular weight excluding hydrogens is 193 g/mol. The van der Waals surface area contributed by atoms with Gasteiger partial charge in [-0.25, -0.2) is 0 Å². The third-order valence-corrected chi connectivity index (χ3v) is 0.758. The Hall–Kier alpha value is -0.817. The average molecular weight is 200 g/mol. The summed E-state index contributed by atoms with van der Waals surface area (Å²) in [6.45, 7) is 0. The minimum absolute atomic E-state index is 0. The molecule has 0 fully saturated rings. The molecule has 0 radical (unpaired) electrons. The number of hydrogen-bond acceptors (Lipinski definition) is 2. The second kappa shape index (κ2) is 7.29. The topological polar surface area (TPSA) is 26.3 Å². The van der Waals surface area contributed by atoms with Crippen molar-refractivity contribution in [1.82, 2.24) is 0 Å². The second-order valence-electron chi connectivity index (χ2n) is 1.46. The Morgan fingerprint density at radius 1 is 0.818 bits per heavy atom. The summed E-state index contributed by atoms with van der Waals surface area (Å²) in [6, 6.07) is 6.97. The van der Waals surface area contributed by atoms with Crippen LogP contribution >= 0.6 is 0 Å². The predicted molar refractivity (Wildman–Crippen MR) is 35.1 cm³/mol. The molecule has 2 aromatic heterocycles. The molecule has 0 spiro atoms. The maximum atomic E-state index is 4.46. The number of furan rings is 2. The fraction of sp³-hybridized carbons (Fsp3) is 0. The Balaban J connectivity index is 0.000000167. The van der Waals surface area contributed by atoms with Crippen molar-refractivity contribution >= 4 is 0 Å². The van der Waals surface area contributed by atoms with Gasteiger partial charge in [0.05, 0.1) is 0 Å². The molecule has 0 saturated carbocycles. The van der Waals surface area contributed by atoms with E-state index in [0.29, 0.717) is 0 Å². The maximum absolute atomic E-state index is 4.46. The fourth-order valence-corrected chi connectivity index (χ4v) is 0.393. The first-order chi connectivity index (χ1) is 5.00. The van der Waals surface area contributed by atoms with E-state index in [0.717, 1.165) is 0 Å². The first-order valence-electron chi connectivity index (χ1n) is 2.79. The van der Waals surface area contributed by atoms with Crippen molar-refractivity contribution in [1.29, 1.82) is 0 Å². The van der Waals surface area contributed by atoms with E-state index in [4.69, 9.17) is 0 Å². The summed E-state index contributed by atoms with van der Waals surface area (Å²) in [7, 11) is 0. The summed E-state index contributed by atoms with van der Waals surface area (Å²) in [4.78, 5) is 0. The van der Waals surface area contributed by atoms with Crippen molar-refractivity contribution in [2.75, 3.05) is 0 Å². The SMILES string of the molecule is [Zn+2].[c-]1ccco1.[c-]1ccco1. The normalized spacial score (nSPS) is 7.27. The van der Waals surface area contributed by atoms with Gasteiger partial charge in [-0.2, -0.15) is 12.1 Å². The molecule has 2 rings (SSSR count). The van der Waals surface area contributed by atoms with Gasteiger partial charge in [-0.3, -0.25) is 0 Å². The Kier molecular flexibility index (Phi) is 6.75. The molecule has 52 valence electrons. The van der Waals surface area contributed by atoms with E-state index < -0.39 is 0 Å². The van der Waals surface area contributed by atoms with Crippen molar-refractivity contribution in [2.45, 2.75) is 0 Å². The zero-order valence-corrected chi connectivity index (χ0v) is 8.95. The van der Waals surface area contributed by atoms with E-state index in [1.54, 1.807) is 36.8 Å². The van der Waals surface area contributed by atoms with Crippen molar-refractivity contribution < 1.29 is 28.3 Å². The summed E-state index contributed by atoms with van der Waals surface area (Å²) < 4.78 is 8.92. The first kappa shape index (κ1) is 10.2. The van der Waals surface area contributed by atoms with Gasteiger partial charge in [0.2, 0.25) is 0 Å². The molecule has 2 nitrogen and oxygen atoms in total. The molecule has 0 N–H and O–H groups in total. The zero-order chi connectivity index (χ0) is 7.07. The fourth-order valence-electron chi connectivity index (χ4n) is 0.393. The van der Waals surface area contributed by atoms with Gasteiger partial charge in [-0.05, 0) is 12.5 Å². The van der Waals surface area contributed by atoms with E-state index in [9.17, 15) is 0 Å². The van der Waals surface area contributed by atoms with Gasteiger partial charge in [-0.15, -0.1) is 12.1 Å². The van der Waals surface area contributed by atoms with Gasteiger partial charge in [0, 0.05) is 0 Å². The van der Waals surface area contributed by atoms with E-state index in [1.807, 2.05) is 0 Å². The van der Waals surface area contributed by atoms with Gasteiger partial charge < -0.3 is 8.83 Å². The molecule has 0 unspecified atom stereocenters. The molecular formula is C8H6O2Zn. The minimum atomic E-state index is 0. The molecule has 0 aliphatic carbocycles. The van der Waals surface area contributed by atoms with Crippen LogP contribution in [0.15, 0.2) is 45.6 Å². The van der Waals surface area contributed by atoms with E-state index in [1.165, 1.54) is 0 Å². The van der Waals surface area contributed by atoms with Crippen LogP contribution in [0.2, 0.25) is 0 Å². The van der Waals surface area contributed by atoms with Crippen LogP contribution in [0, 0.1) is 12.5 Å². The molecule has 11 heavy (non-hydrogen) atoms. The van der Waals surface area contributed by atoms with Crippen LogP contribution in [-0.4, -0.2) is 0 Å². The Bertz CT molecular complexity index is 151. The van der Waals surface area contributed by atoms with Crippen LogP contribution in [0.3, 0.4) is 0 Å². The van der Waals surface area contributed by atoms with Crippen molar-refractivity contribution in [3.63, 3.8) is 0 Å². The molecule has 0 bridgehead atoms. The van der Waals surface area contributed by atoms with Crippen molar-refractivity contribution in [3.8, 4) is 0 Å². The minimum Gasteiger partial charge on any atom is -0.599 e. The second-order valence-corrected chi connectivity index (χ2v) is 1.46. The van der Waals surface area contributed by atoms with E-state index in [-0.39, 0.29) is 19.5 Å². The summed E-state index contributed by atoms with van der Waals surface area (Å²) in [5.74, 6) is 0. The van der Waals surface area contributed by atoms with Gasteiger partial charge in [0.1, 0.15) is 0 Å². The molecule has 0 saturated heterocycles. The van der Waals surface area contributed by atoms with Crippen LogP contribution < -0.4 is 0 Å². The molecule has 0 atom stereocenters. The molecule has 3 heteroatoms. The largest absolute Gasteiger partial charge is 2.00 e. The Morgan fingerprint density at radius 2 is 1.27 bits per heavy atom. The molecule has 0 aliphatic heterocycles. The quantitative estimate of drug-likeness (QED) is 0.480. The van der Waals surface area contributed by atoms with Gasteiger partial charge in [0.15, 0.2) is 0 Å². The predicted octanol–water partition coefficient (Wildman–Crippen LogP) is 2.16. The van der Waals surface area contributed by atoms with Crippen molar-refractivity contribution in [2.24, 2.45) is 0 Å². The Morgan fingerprint density at radius 3 is 1.36 bits per heavy atom. The van der Waals surface area contributed by atoms with Crippen LogP contribution in [0.1, 0.15) is 0 Å². The summed E-state index contributed by atoms with van der Waals surface area (Å²) >= 11 is 0. The van der Waals surface area contributed by atoms with Crippen molar-refractivity contribution in [3.05, 3.63) is 49.3 Å². The monoisotopic (exact) mass is 198 g/mol. The van der Waals surface area contributed by atoms with Gasteiger partial charge in [0.25, 0.3) is 0 Å². The van der Waals surface area contributed by atoms with E-state index >= 15 is 0 Å². The summed E-state index contributed by atoms with van der Waals surface area (Å²) in [5, 5.41) is 0. The summed E-state index contributed by atoms with van der Waals surface area (Å²) in [5.41, 5.74) is 0. The van der Waals surface area contributed by atoms with Crippen LogP contribution in [0.4, 0.5) is 0 Å². The van der Waals surface area contributed by atoms with Crippen LogP contribution in [0.25, 0.3) is 0 Å². The number of hydrogen-bond donors (Lipinski definition) is 0. The smallest absolute Gasteiger partial charge is 0.599 e.